The summed E-state index contributed by atoms with van der Waals surface area (Å²) in [6.45, 7) is 8.03. The molecule has 3 nitrogen and oxygen atoms in total. The highest BCUT2D eigenvalue weighted by molar-refractivity contribution is 9.10. The number of hydrogen-bond acceptors (Lipinski definition) is 3. The topological polar surface area (TPSA) is 18.5 Å². The van der Waals surface area contributed by atoms with Crippen LogP contribution in [0.2, 0.25) is 0 Å². The fraction of sp³-hybridized carbons (Fsp3) is 0.647. The van der Waals surface area contributed by atoms with E-state index >= 15 is 0 Å². The van der Waals surface area contributed by atoms with Gasteiger partial charge in [-0.3, -0.25) is 0 Å². The second kappa shape index (κ2) is 7.61. The number of nitrogens with zero attached hydrogens (tertiary/aromatic N) is 2. The first kappa shape index (κ1) is 16.8. The quantitative estimate of drug-likeness (QED) is 0.891. The molecule has 2 rings (SSSR count). The molecule has 0 aliphatic carbocycles. The zero-order valence-electron chi connectivity index (χ0n) is 13.7. The van der Waals surface area contributed by atoms with Crippen LogP contribution in [0.5, 0.6) is 0 Å². The minimum absolute atomic E-state index is 0.357. The number of halogens is 1. The summed E-state index contributed by atoms with van der Waals surface area (Å²) in [5.41, 5.74) is 2.78. The third kappa shape index (κ3) is 3.99. The number of likely N-dealkylation sites (N-methyl/N-ethyl adjacent to an activating group) is 1. The van der Waals surface area contributed by atoms with Crippen LogP contribution in [0.3, 0.4) is 0 Å². The predicted molar refractivity (Wildman–Crippen MR) is 95.2 cm³/mol. The van der Waals surface area contributed by atoms with Crippen LogP contribution in [0.25, 0.3) is 0 Å². The Bertz CT molecular complexity index is 463. The van der Waals surface area contributed by atoms with Gasteiger partial charge >= 0.3 is 0 Å². The molecule has 0 aromatic heterocycles. The minimum Gasteiger partial charge on any atom is -0.367 e. The fourth-order valence-electron chi connectivity index (χ4n) is 3.20. The summed E-state index contributed by atoms with van der Waals surface area (Å²) in [5.74, 6) is 0. The summed E-state index contributed by atoms with van der Waals surface area (Å²) >= 11 is 3.62. The van der Waals surface area contributed by atoms with Gasteiger partial charge in [0.25, 0.3) is 0 Å². The number of nitrogens with one attached hydrogen (secondary N) is 1. The van der Waals surface area contributed by atoms with E-state index < -0.39 is 0 Å². The smallest absolute Gasteiger partial charge is 0.0418 e. The highest BCUT2D eigenvalue weighted by Gasteiger charge is 2.25. The van der Waals surface area contributed by atoms with Crippen molar-refractivity contribution in [2.45, 2.75) is 38.8 Å². The van der Waals surface area contributed by atoms with E-state index in [9.17, 15) is 0 Å². The Morgan fingerprint density at radius 1 is 1.38 bits per heavy atom. The lowest BCUT2D eigenvalue weighted by atomic mass is 10.0. The molecule has 2 atom stereocenters. The Balaban J connectivity index is 2.38. The third-order valence-corrected chi connectivity index (χ3v) is 5.07. The van der Waals surface area contributed by atoms with E-state index in [0.717, 1.165) is 17.6 Å². The van der Waals surface area contributed by atoms with Crippen molar-refractivity contribution in [1.29, 1.82) is 0 Å². The van der Waals surface area contributed by atoms with Crippen LogP contribution in [0.1, 0.15) is 38.3 Å². The van der Waals surface area contributed by atoms with Crippen molar-refractivity contribution in [2.24, 2.45) is 0 Å². The molecular weight excluding hydrogens is 326 g/mol. The van der Waals surface area contributed by atoms with Crippen LogP contribution >= 0.6 is 15.9 Å². The molecule has 1 saturated heterocycles. The molecule has 2 unspecified atom stereocenters. The molecular formula is C17H28BrN3. The largest absolute Gasteiger partial charge is 0.367 e. The molecule has 1 heterocycles. The van der Waals surface area contributed by atoms with Crippen LogP contribution < -0.4 is 10.2 Å². The van der Waals surface area contributed by atoms with Gasteiger partial charge in [0.15, 0.2) is 0 Å². The molecule has 118 valence electrons. The zero-order valence-corrected chi connectivity index (χ0v) is 15.3. The zero-order chi connectivity index (χ0) is 15.4. The number of hydrogen-bond donors (Lipinski definition) is 1. The minimum atomic E-state index is 0.357. The maximum Gasteiger partial charge on any atom is 0.0418 e. The maximum absolute atomic E-state index is 3.62. The van der Waals surface area contributed by atoms with Gasteiger partial charge in [0.05, 0.1) is 0 Å². The van der Waals surface area contributed by atoms with Crippen molar-refractivity contribution in [2.75, 3.05) is 38.6 Å². The molecule has 0 amide bonds. The van der Waals surface area contributed by atoms with Crippen molar-refractivity contribution >= 4 is 21.6 Å². The second-order valence-corrected chi connectivity index (χ2v) is 7.00. The summed E-state index contributed by atoms with van der Waals surface area (Å²) in [4.78, 5) is 5.09. The van der Waals surface area contributed by atoms with Crippen molar-refractivity contribution < 1.29 is 0 Å². The monoisotopic (exact) mass is 353 g/mol. The third-order valence-electron chi connectivity index (χ3n) is 4.57. The van der Waals surface area contributed by atoms with Crippen molar-refractivity contribution in [3.05, 3.63) is 28.2 Å². The molecule has 21 heavy (non-hydrogen) atoms. The van der Waals surface area contributed by atoms with Crippen LogP contribution in [-0.2, 0) is 0 Å². The van der Waals surface area contributed by atoms with Gasteiger partial charge in [-0.2, -0.15) is 0 Å². The highest BCUT2D eigenvalue weighted by atomic mass is 79.9. The van der Waals surface area contributed by atoms with Crippen LogP contribution in [0.15, 0.2) is 22.7 Å². The van der Waals surface area contributed by atoms with Gasteiger partial charge in [-0.15, -0.1) is 0 Å². The van der Waals surface area contributed by atoms with Crippen molar-refractivity contribution in [3.8, 4) is 0 Å². The predicted octanol–water partition coefficient (Wildman–Crippen LogP) is 3.65. The molecule has 0 radical (unpaired) electrons. The van der Waals surface area contributed by atoms with Crippen molar-refractivity contribution in [1.82, 2.24) is 10.2 Å². The Morgan fingerprint density at radius 3 is 2.81 bits per heavy atom. The first-order valence-electron chi connectivity index (χ1n) is 7.98. The molecule has 1 aromatic carbocycles. The number of benzene rings is 1. The summed E-state index contributed by atoms with van der Waals surface area (Å²) in [6.07, 6.45) is 2.42. The fourth-order valence-corrected chi connectivity index (χ4v) is 3.58. The van der Waals surface area contributed by atoms with Crippen LogP contribution in [-0.4, -0.2) is 44.7 Å². The van der Waals surface area contributed by atoms with E-state index in [1.165, 1.54) is 30.6 Å². The van der Waals surface area contributed by atoms with Gasteiger partial charge in [0.2, 0.25) is 0 Å². The van der Waals surface area contributed by atoms with Gasteiger partial charge in [0.1, 0.15) is 0 Å². The highest BCUT2D eigenvalue weighted by Crippen LogP contribution is 2.32. The normalized spacial score (nSPS) is 22.1. The van der Waals surface area contributed by atoms with E-state index in [2.05, 4.69) is 70.1 Å². The molecule has 0 bridgehead atoms. The number of anilines is 1. The Hall–Kier alpha value is -0.580. The lowest BCUT2D eigenvalue weighted by Gasteiger charge is -2.35. The van der Waals surface area contributed by atoms with E-state index in [1.807, 2.05) is 7.05 Å². The molecule has 0 spiro atoms. The van der Waals surface area contributed by atoms with Gasteiger partial charge in [-0.05, 0) is 64.2 Å². The lowest BCUT2D eigenvalue weighted by Crippen LogP contribution is -2.40. The maximum atomic E-state index is 3.62. The van der Waals surface area contributed by atoms with Gasteiger partial charge in [0, 0.05) is 35.3 Å². The SMILES string of the molecule is CCC1CN(C)CCCN1c1ccc(Br)cc1C(C)NC. The van der Waals surface area contributed by atoms with Crippen LogP contribution in [0, 0.1) is 0 Å². The summed E-state index contributed by atoms with van der Waals surface area (Å²) < 4.78 is 1.16. The number of rotatable bonds is 4. The molecule has 1 aliphatic rings. The van der Waals surface area contributed by atoms with Gasteiger partial charge in [-0.25, -0.2) is 0 Å². The molecule has 1 aromatic rings. The second-order valence-electron chi connectivity index (χ2n) is 6.08. The standard InChI is InChI=1S/C17H28BrN3/c1-5-15-12-20(4)9-6-10-21(15)17-8-7-14(18)11-16(17)13(2)19-3/h7-8,11,13,15,19H,5-6,9-10,12H2,1-4H3. The molecule has 1 aliphatic heterocycles. The van der Waals surface area contributed by atoms with Gasteiger partial charge in [-0.1, -0.05) is 22.9 Å². The lowest BCUT2D eigenvalue weighted by molar-refractivity contribution is 0.328. The van der Waals surface area contributed by atoms with E-state index in [0.29, 0.717) is 12.1 Å². The Kier molecular flexibility index (Phi) is 6.08. The molecule has 1 N–H and O–H groups in total. The molecule has 4 heteroatoms. The first-order chi connectivity index (χ1) is 10.1. The van der Waals surface area contributed by atoms with Crippen molar-refractivity contribution in [3.63, 3.8) is 0 Å². The average molecular weight is 354 g/mol. The molecule has 1 fully saturated rings. The van der Waals surface area contributed by atoms with E-state index in [-0.39, 0.29) is 0 Å². The molecule has 0 saturated carbocycles. The Labute approximate surface area is 137 Å². The summed E-state index contributed by atoms with van der Waals surface area (Å²) in [7, 11) is 4.27. The average Bonchev–Trinajstić information content (AvgIpc) is 2.67. The van der Waals surface area contributed by atoms with Crippen LogP contribution in [0.4, 0.5) is 5.69 Å². The van der Waals surface area contributed by atoms with Gasteiger partial charge < -0.3 is 15.1 Å². The van der Waals surface area contributed by atoms with E-state index in [1.54, 1.807) is 0 Å². The summed E-state index contributed by atoms with van der Waals surface area (Å²) in [5, 5.41) is 3.39. The summed E-state index contributed by atoms with van der Waals surface area (Å²) in [6, 6.07) is 7.67. The Morgan fingerprint density at radius 2 is 2.14 bits per heavy atom. The first-order valence-corrected chi connectivity index (χ1v) is 8.78. The van der Waals surface area contributed by atoms with E-state index in [4.69, 9.17) is 0 Å².